The smallest absolute Gasteiger partial charge is 0.327 e. The number of hydrogen-bond donors (Lipinski definition) is 12. The minimum atomic E-state index is -1.38. The summed E-state index contributed by atoms with van der Waals surface area (Å²) >= 11 is 8.06. The second kappa shape index (κ2) is 21.6. The Labute approximate surface area is 328 Å². The van der Waals surface area contributed by atoms with E-state index in [1.807, 2.05) is 13.8 Å². The quantitative estimate of drug-likeness (QED) is 0.0616. The Kier molecular flexibility index (Phi) is 17.3. The van der Waals surface area contributed by atoms with Gasteiger partial charge in [0.05, 0.1) is 12.4 Å². The molecule has 19 heteroatoms. The van der Waals surface area contributed by atoms with Crippen LogP contribution in [0.1, 0.15) is 37.1 Å². The summed E-state index contributed by atoms with van der Waals surface area (Å²) in [6, 6.07) is 4.25. The standard InChI is InChI=1S/C36H48N8O9S2/c1-19(2)11-26(40-31(47)25(37)16-54)32(48)41-27(12-20-3-7-23(45)8-4-20)33(49)43-29(14-22-15-38-18-39-22)35(51)42-28(13-21-5-9-24(46)10-6-21)34(50)44-30(17-55)36(52)53/h3-10,15,18-19,25-30,45-46,54-55H,11-14,16-17,37H2,1-2H3,(H,38,39)(H,40,47)(H,41,48)(H,42,51)(H,43,49)(H,44,50)(H,52,53). The number of H-pyrrole nitrogens is 1. The van der Waals surface area contributed by atoms with Crippen LogP contribution in [0, 0.1) is 5.92 Å². The average molecular weight is 801 g/mol. The molecular formula is C36H48N8O9S2. The molecule has 0 saturated carbocycles. The van der Waals surface area contributed by atoms with E-state index < -0.39 is 71.8 Å². The molecule has 3 rings (SSSR count). The zero-order valence-corrected chi connectivity index (χ0v) is 32.1. The number of aromatic hydroxyl groups is 2. The van der Waals surface area contributed by atoms with Crippen LogP contribution in [0.4, 0.5) is 0 Å². The molecule has 17 nitrogen and oxygen atoms in total. The van der Waals surface area contributed by atoms with Gasteiger partial charge in [-0.1, -0.05) is 38.1 Å². The van der Waals surface area contributed by atoms with Crippen molar-refractivity contribution in [3.63, 3.8) is 0 Å². The third-order valence-corrected chi connectivity index (χ3v) is 9.06. The van der Waals surface area contributed by atoms with Gasteiger partial charge in [0, 0.05) is 42.7 Å². The van der Waals surface area contributed by atoms with Gasteiger partial charge in [0.15, 0.2) is 0 Å². The highest BCUT2D eigenvalue weighted by Crippen LogP contribution is 2.15. The summed E-state index contributed by atoms with van der Waals surface area (Å²) < 4.78 is 0. The lowest BCUT2D eigenvalue weighted by Crippen LogP contribution is -2.60. The average Bonchev–Trinajstić information content (AvgIpc) is 3.66. The van der Waals surface area contributed by atoms with E-state index in [2.05, 4.69) is 61.8 Å². The van der Waals surface area contributed by atoms with E-state index in [9.17, 15) is 44.1 Å². The number of phenolic OH excluding ortho intramolecular Hbond substituents is 2. The minimum absolute atomic E-state index is 0.0275. The Morgan fingerprint density at radius 1 is 0.655 bits per heavy atom. The van der Waals surface area contributed by atoms with Crippen molar-refractivity contribution >= 4 is 60.8 Å². The van der Waals surface area contributed by atoms with Crippen LogP contribution in [0.25, 0.3) is 0 Å². The van der Waals surface area contributed by atoms with Crippen molar-refractivity contribution in [2.45, 2.75) is 75.8 Å². The number of amides is 5. The number of carbonyl (C=O) groups excluding carboxylic acids is 5. The van der Waals surface area contributed by atoms with Gasteiger partial charge in [0.25, 0.3) is 0 Å². The van der Waals surface area contributed by atoms with Gasteiger partial charge in [-0.25, -0.2) is 9.78 Å². The molecule has 1 aromatic heterocycles. The molecule has 0 radical (unpaired) electrons. The molecule has 0 bridgehead atoms. The summed E-state index contributed by atoms with van der Waals surface area (Å²) in [5.74, 6) is -5.45. The fraction of sp³-hybridized carbons (Fsp3) is 0.417. The number of carboxylic acid groups (broad SMARTS) is 1. The summed E-state index contributed by atoms with van der Waals surface area (Å²) in [6.45, 7) is 3.69. The first-order valence-electron chi connectivity index (χ1n) is 17.3. The molecule has 11 N–H and O–H groups in total. The number of hydrogen-bond acceptors (Lipinski definition) is 12. The molecule has 0 aliphatic rings. The van der Waals surface area contributed by atoms with Crippen LogP contribution in [0.2, 0.25) is 0 Å². The van der Waals surface area contributed by atoms with Crippen molar-refractivity contribution in [3.05, 3.63) is 77.9 Å². The van der Waals surface area contributed by atoms with Crippen LogP contribution < -0.4 is 32.3 Å². The first-order chi connectivity index (χ1) is 26.1. The number of aromatic nitrogens is 2. The zero-order valence-electron chi connectivity index (χ0n) is 30.3. The molecule has 3 aromatic rings. The SMILES string of the molecule is CC(C)CC(NC(=O)C(N)CS)C(=O)NC(Cc1ccc(O)cc1)C(=O)NC(Cc1cnc[nH]1)C(=O)NC(Cc1ccc(O)cc1)C(=O)NC(CS)C(=O)O. The van der Waals surface area contributed by atoms with Crippen LogP contribution in [0.15, 0.2) is 61.1 Å². The number of nitrogens with one attached hydrogen (secondary N) is 6. The number of aromatic amines is 1. The van der Waals surface area contributed by atoms with Crippen LogP contribution in [-0.4, -0.2) is 109 Å². The number of rotatable bonds is 21. The molecule has 0 saturated heterocycles. The topological polar surface area (TPSA) is 278 Å². The summed E-state index contributed by atoms with van der Waals surface area (Å²) in [7, 11) is 0. The molecule has 2 aromatic carbocycles. The molecular weight excluding hydrogens is 753 g/mol. The van der Waals surface area contributed by atoms with Gasteiger partial charge in [-0.05, 0) is 47.7 Å². The first kappa shape index (κ1) is 44.1. The molecule has 6 unspecified atom stereocenters. The van der Waals surface area contributed by atoms with E-state index in [-0.39, 0.29) is 54.6 Å². The number of aliphatic carboxylic acids is 1. The van der Waals surface area contributed by atoms with Crippen LogP contribution >= 0.6 is 25.3 Å². The van der Waals surface area contributed by atoms with Crippen molar-refractivity contribution in [3.8, 4) is 11.5 Å². The van der Waals surface area contributed by atoms with Crippen LogP contribution in [0.3, 0.4) is 0 Å². The highest BCUT2D eigenvalue weighted by Gasteiger charge is 2.33. The highest BCUT2D eigenvalue weighted by atomic mass is 32.1. The largest absolute Gasteiger partial charge is 0.508 e. The molecule has 0 aliphatic heterocycles. The van der Waals surface area contributed by atoms with E-state index in [1.54, 1.807) is 12.1 Å². The van der Waals surface area contributed by atoms with Crippen LogP contribution in [0.5, 0.6) is 11.5 Å². The molecule has 5 amide bonds. The van der Waals surface area contributed by atoms with Crippen LogP contribution in [-0.2, 0) is 48.0 Å². The predicted molar refractivity (Wildman–Crippen MR) is 208 cm³/mol. The number of phenols is 2. The number of nitrogens with two attached hydrogens (primary N) is 1. The van der Waals surface area contributed by atoms with Crippen molar-refractivity contribution in [2.75, 3.05) is 11.5 Å². The third kappa shape index (κ3) is 14.5. The monoisotopic (exact) mass is 800 g/mol. The minimum Gasteiger partial charge on any atom is -0.508 e. The van der Waals surface area contributed by atoms with Crippen molar-refractivity contribution in [1.29, 1.82) is 0 Å². The van der Waals surface area contributed by atoms with Gasteiger partial charge in [-0.3, -0.25) is 24.0 Å². The summed E-state index contributed by atoms with van der Waals surface area (Å²) in [5, 5.41) is 42.1. The Hall–Kier alpha value is -5.27. The zero-order chi connectivity index (χ0) is 40.7. The van der Waals surface area contributed by atoms with Gasteiger partial charge >= 0.3 is 5.97 Å². The molecule has 0 aliphatic carbocycles. The Balaban J connectivity index is 1.95. The lowest BCUT2D eigenvalue weighted by Gasteiger charge is -2.27. The van der Waals surface area contributed by atoms with E-state index >= 15 is 0 Å². The fourth-order valence-electron chi connectivity index (χ4n) is 5.32. The molecule has 55 heavy (non-hydrogen) atoms. The number of thiol groups is 2. The van der Waals surface area contributed by atoms with Gasteiger partial charge in [-0.2, -0.15) is 25.3 Å². The van der Waals surface area contributed by atoms with Crippen molar-refractivity contribution < 1.29 is 44.1 Å². The Morgan fingerprint density at radius 3 is 1.45 bits per heavy atom. The van der Waals surface area contributed by atoms with Gasteiger partial charge in [-0.15, -0.1) is 0 Å². The van der Waals surface area contributed by atoms with E-state index in [0.717, 1.165) is 0 Å². The number of carboxylic acids is 1. The second-order valence-electron chi connectivity index (χ2n) is 13.3. The summed E-state index contributed by atoms with van der Waals surface area (Å²) in [4.78, 5) is 86.5. The Morgan fingerprint density at radius 2 is 1.07 bits per heavy atom. The molecule has 6 atom stereocenters. The fourth-order valence-corrected chi connectivity index (χ4v) is 5.73. The molecule has 0 fully saturated rings. The highest BCUT2D eigenvalue weighted by molar-refractivity contribution is 7.80. The molecule has 1 heterocycles. The van der Waals surface area contributed by atoms with Crippen molar-refractivity contribution in [2.24, 2.45) is 11.7 Å². The molecule has 298 valence electrons. The number of nitrogens with zero attached hydrogens (tertiary/aromatic N) is 1. The predicted octanol–water partition coefficient (Wildman–Crippen LogP) is -0.410. The van der Waals surface area contributed by atoms with E-state index in [1.165, 1.54) is 48.9 Å². The van der Waals surface area contributed by atoms with Gasteiger partial charge < -0.3 is 52.6 Å². The maximum Gasteiger partial charge on any atom is 0.327 e. The van der Waals surface area contributed by atoms with Gasteiger partial charge in [0.1, 0.15) is 41.7 Å². The number of benzene rings is 2. The van der Waals surface area contributed by atoms with E-state index in [0.29, 0.717) is 16.8 Å². The van der Waals surface area contributed by atoms with Crippen molar-refractivity contribution in [1.82, 2.24) is 36.6 Å². The van der Waals surface area contributed by atoms with Gasteiger partial charge in [0.2, 0.25) is 29.5 Å². The number of imidazole rings is 1. The summed E-state index contributed by atoms with van der Waals surface area (Å²) in [6.07, 6.45) is 2.64. The maximum atomic E-state index is 14.1. The lowest BCUT2D eigenvalue weighted by atomic mass is 10.00. The maximum absolute atomic E-state index is 14.1. The lowest BCUT2D eigenvalue weighted by molar-refractivity contribution is -0.141. The Bertz CT molecular complexity index is 1740. The second-order valence-corrected chi connectivity index (χ2v) is 14.0. The third-order valence-electron chi connectivity index (χ3n) is 8.30. The van der Waals surface area contributed by atoms with E-state index in [4.69, 9.17) is 5.73 Å². The summed E-state index contributed by atoms with van der Waals surface area (Å²) in [5.41, 5.74) is 7.31. The number of carbonyl (C=O) groups is 6. The molecule has 0 spiro atoms. The first-order valence-corrected chi connectivity index (χ1v) is 18.6. The normalized spacial score (nSPS) is 14.4.